The molecule has 0 aliphatic heterocycles. The topological polar surface area (TPSA) is 56.1 Å². The van der Waals surface area contributed by atoms with Gasteiger partial charge in [-0.05, 0) is 47.5 Å². The molecule has 0 aliphatic carbocycles. The highest BCUT2D eigenvalue weighted by Crippen LogP contribution is 2.20. The first-order valence-electron chi connectivity index (χ1n) is 10.2. The van der Waals surface area contributed by atoms with Crippen molar-refractivity contribution in [3.05, 3.63) is 94.8 Å². The van der Waals surface area contributed by atoms with Crippen LogP contribution in [-0.2, 0) is 24.2 Å². The van der Waals surface area contributed by atoms with E-state index in [0.717, 1.165) is 33.7 Å². The van der Waals surface area contributed by atoms with Gasteiger partial charge in [-0.1, -0.05) is 48.0 Å². The van der Waals surface area contributed by atoms with Gasteiger partial charge in [0.1, 0.15) is 11.6 Å². The molecule has 6 heteroatoms. The predicted molar refractivity (Wildman–Crippen MR) is 124 cm³/mol. The zero-order valence-electron chi connectivity index (χ0n) is 17.3. The number of aromatic nitrogens is 2. The normalized spacial score (nSPS) is 10.9. The van der Waals surface area contributed by atoms with Gasteiger partial charge in [-0.3, -0.25) is 4.79 Å². The molecule has 0 spiro atoms. The summed E-state index contributed by atoms with van der Waals surface area (Å²) in [4.78, 5) is 17.1. The number of benzene rings is 3. The van der Waals surface area contributed by atoms with Crippen LogP contribution in [0.25, 0.3) is 11.0 Å². The molecule has 31 heavy (non-hydrogen) atoms. The molecule has 0 aliphatic rings. The number of nitrogens with one attached hydrogen (secondary N) is 1. The van der Waals surface area contributed by atoms with Gasteiger partial charge in [0.25, 0.3) is 0 Å². The van der Waals surface area contributed by atoms with Gasteiger partial charge in [0.15, 0.2) is 0 Å². The summed E-state index contributed by atoms with van der Waals surface area (Å²) in [6, 6.07) is 23.5. The molecule has 5 nitrogen and oxygen atoms in total. The molecule has 158 valence electrons. The first-order valence-corrected chi connectivity index (χ1v) is 10.6. The summed E-state index contributed by atoms with van der Waals surface area (Å²) in [6.45, 7) is 1.23. The third kappa shape index (κ3) is 5.25. The van der Waals surface area contributed by atoms with Gasteiger partial charge >= 0.3 is 0 Å². The highest BCUT2D eigenvalue weighted by molar-refractivity contribution is 6.30. The summed E-state index contributed by atoms with van der Waals surface area (Å²) < 4.78 is 7.47. The van der Waals surface area contributed by atoms with Crippen LogP contribution in [0.3, 0.4) is 0 Å². The van der Waals surface area contributed by atoms with Crippen LogP contribution in [0.2, 0.25) is 5.02 Å². The number of amides is 1. The third-order valence-electron chi connectivity index (χ3n) is 5.18. The third-order valence-corrected chi connectivity index (χ3v) is 5.43. The van der Waals surface area contributed by atoms with E-state index in [1.807, 2.05) is 42.5 Å². The lowest BCUT2D eigenvalue weighted by Gasteiger charge is -2.11. The van der Waals surface area contributed by atoms with Crippen LogP contribution in [0, 0.1) is 0 Å². The fourth-order valence-corrected chi connectivity index (χ4v) is 3.70. The van der Waals surface area contributed by atoms with Crippen LogP contribution in [-0.4, -0.2) is 29.1 Å². The lowest BCUT2D eigenvalue weighted by Crippen LogP contribution is -2.28. The average molecular weight is 434 g/mol. The monoisotopic (exact) mass is 433 g/mol. The number of hydrogen-bond donors (Lipinski definition) is 1. The van der Waals surface area contributed by atoms with Gasteiger partial charge in [-0.25, -0.2) is 4.98 Å². The zero-order chi connectivity index (χ0) is 21.6. The van der Waals surface area contributed by atoms with Gasteiger partial charge < -0.3 is 14.6 Å². The van der Waals surface area contributed by atoms with E-state index in [2.05, 4.69) is 28.1 Å². The number of carbonyl (C=O) groups excluding carboxylic acids is 1. The van der Waals surface area contributed by atoms with Crippen LogP contribution >= 0.6 is 11.6 Å². The van der Waals surface area contributed by atoms with Crippen molar-refractivity contribution in [2.75, 3.05) is 13.7 Å². The van der Waals surface area contributed by atoms with Crippen molar-refractivity contribution in [2.45, 2.75) is 19.4 Å². The first kappa shape index (κ1) is 20.9. The number of para-hydroxylation sites is 2. The van der Waals surface area contributed by atoms with Crippen LogP contribution in [0.5, 0.6) is 5.75 Å². The maximum Gasteiger partial charge on any atom is 0.224 e. The minimum absolute atomic E-state index is 0.0138. The maximum atomic E-state index is 12.3. The molecule has 3 aromatic carbocycles. The molecule has 0 bridgehead atoms. The predicted octanol–water partition coefficient (Wildman–Crippen LogP) is 4.65. The Kier molecular flexibility index (Phi) is 6.53. The molecular weight excluding hydrogens is 410 g/mol. The fourth-order valence-electron chi connectivity index (χ4n) is 3.57. The number of imidazole rings is 1. The van der Waals surface area contributed by atoms with Crippen molar-refractivity contribution in [1.82, 2.24) is 14.9 Å². The standard InChI is InChI=1S/C25H24ClN3O2/c1-31-21-12-8-19(9-13-21)17-29-23-5-3-2-4-22(23)28-24(29)14-15-27-25(30)16-18-6-10-20(26)11-7-18/h2-13H,14-17H2,1H3,(H,27,30). The molecule has 0 saturated heterocycles. The van der Waals surface area contributed by atoms with Crippen LogP contribution in [0.4, 0.5) is 0 Å². The number of methoxy groups -OCH3 is 1. The molecule has 0 unspecified atom stereocenters. The Morgan fingerprint density at radius 2 is 1.71 bits per heavy atom. The molecule has 1 heterocycles. The smallest absolute Gasteiger partial charge is 0.224 e. The highest BCUT2D eigenvalue weighted by atomic mass is 35.5. The second-order valence-corrected chi connectivity index (χ2v) is 7.79. The lowest BCUT2D eigenvalue weighted by atomic mass is 10.1. The number of hydrogen-bond acceptors (Lipinski definition) is 3. The van der Waals surface area contributed by atoms with Crippen LogP contribution in [0.15, 0.2) is 72.8 Å². The summed E-state index contributed by atoms with van der Waals surface area (Å²) >= 11 is 5.91. The molecule has 0 atom stereocenters. The maximum absolute atomic E-state index is 12.3. The number of ether oxygens (including phenoxy) is 1. The highest BCUT2D eigenvalue weighted by Gasteiger charge is 2.12. The van der Waals surface area contributed by atoms with E-state index in [1.165, 1.54) is 0 Å². The summed E-state index contributed by atoms with van der Waals surface area (Å²) in [5, 5.41) is 3.67. The Bertz CT molecular complexity index is 1170. The van der Waals surface area contributed by atoms with Crippen molar-refractivity contribution in [3.8, 4) is 5.75 Å². The Morgan fingerprint density at radius 1 is 1.00 bits per heavy atom. The van der Waals surface area contributed by atoms with Crippen molar-refractivity contribution < 1.29 is 9.53 Å². The van der Waals surface area contributed by atoms with Crippen molar-refractivity contribution in [1.29, 1.82) is 0 Å². The van der Waals surface area contributed by atoms with E-state index >= 15 is 0 Å². The first-order chi connectivity index (χ1) is 15.1. The van der Waals surface area contributed by atoms with E-state index in [0.29, 0.717) is 31.0 Å². The Morgan fingerprint density at radius 3 is 2.45 bits per heavy atom. The molecule has 1 aromatic heterocycles. The molecule has 0 radical (unpaired) electrons. The zero-order valence-corrected chi connectivity index (χ0v) is 18.1. The number of carbonyl (C=O) groups is 1. The minimum Gasteiger partial charge on any atom is -0.497 e. The summed E-state index contributed by atoms with van der Waals surface area (Å²) in [6.07, 6.45) is 0.983. The molecule has 0 saturated carbocycles. The van der Waals surface area contributed by atoms with Gasteiger partial charge in [0.2, 0.25) is 5.91 Å². The van der Waals surface area contributed by atoms with E-state index in [-0.39, 0.29) is 5.91 Å². The lowest BCUT2D eigenvalue weighted by molar-refractivity contribution is -0.120. The number of rotatable bonds is 8. The molecule has 0 fully saturated rings. The minimum atomic E-state index is -0.0138. The number of fused-ring (bicyclic) bond motifs is 1. The van der Waals surface area contributed by atoms with Gasteiger partial charge in [0.05, 0.1) is 24.6 Å². The van der Waals surface area contributed by atoms with Crippen LogP contribution < -0.4 is 10.1 Å². The quantitative estimate of drug-likeness (QED) is 0.440. The Labute approximate surface area is 186 Å². The van der Waals surface area contributed by atoms with E-state index in [4.69, 9.17) is 21.3 Å². The summed E-state index contributed by atoms with van der Waals surface area (Å²) in [5.41, 5.74) is 4.14. The SMILES string of the molecule is COc1ccc(Cn2c(CCNC(=O)Cc3ccc(Cl)cc3)nc3ccccc32)cc1. The fraction of sp³-hybridized carbons (Fsp3) is 0.200. The van der Waals surface area contributed by atoms with Crippen LogP contribution in [0.1, 0.15) is 17.0 Å². The summed E-state index contributed by atoms with van der Waals surface area (Å²) in [5.74, 6) is 1.77. The number of nitrogens with zero attached hydrogens (tertiary/aromatic N) is 2. The molecule has 4 aromatic rings. The van der Waals surface area contributed by atoms with Crippen molar-refractivity contribution in [2.24, 2.45) is 0 Å². The number of halogens is 1. The van der Waals surface area contributed by atoms with Gasteiger partial charge in [0, 0.05) is 24.5 Å². The second kappa shape index (κ2) is 9.67. The van der Waals surface area contributed by atoms with E-state index in [1.54, 1.807) is 19.2 Å². The Balaban J connectivity index is 1.44. The Hall–Kier alpha value is -3.31. The molecular formula is C25H24ClN3O2. The van der Waals surface area contributed by atoms with Crippen molar-refractivity contribution in [3.63, 3.8) is 0 Å². The van der Waals surface area contributed by atoms with Gasteiger partial charge in [-0.2, -0.15) is 0 Å². The second-order valence-electron chi connectivity index (χ2n) is 7.35. The molecule has 4 rings (SSSR count). The summed E-state index contributed by atoms with van der Waals surface area (Å²) in [7, 11) is 1.66. The van der Waals surface area contributed by atoms with E-state index < -0.39 is 0 Å². The molecule has 1 N–H and O–H groups in total. The average Bonchev–Trinajstić information content (AvgIpc) is 3.13. The molecule has 1 amide bonds. The van der Waals surface area contributed by atoms with Crippen molar-refractivity contribution >= 4 is 28.5 Å². The van der Waals surface area contributed by atoms with Gasteiger partial charge in [-0.15, -0.1) is 0 Å². The van der Waals surface area contributed by atoms with E-state index in [9.17, 15) is 4.79 Å². The largest absolute Gasteiger partial charge is 0.497 e.